The number of aryl methyl sites for hydroxylation is 1. The molecule has 1 aromatic carbocycles. The summed E-state index contributed by atoms with van der Waals surface area (Å²) in [6.45, 7) is 4.57. The first-order valence-electron chi connectivity index (χ1n) is 8.19. The number of rotatable bonds is 4. The van der Waals surface area contributed by atoms with Gasteiger partial charge in [-0.3, -0.25) is 4.79 Å². The Morgan fingerprint density at radius 1 is 1.29 bits per heavy atom. The number of carbonyl (C=O) groups is 1. The number of sulfone groups is 1. The molecule has 0 aliphatic carbocycles. The zero-order valence-corrected chi connectivity index (χ0v) is 15.6. The molecule has 0 spiro atoms. The van der Waals surface area contributed by atoms with Crippen molar-refractivity contribution >= 4 is 32.7 Å². The van der Waals surface area contributed by atoms with Gasteiger partial charge in [0.05, 0.1) is 17.5 Å². The van der Waals surface area contributed by atoms with Gasteiger partial charge in [0.1, 0.15) is 0 Å². The van der Waals surface area contributed by atoms with Crippen molar-refractivity contribution in [2.45, 2.75) is 44.5 Å². The molecule has 2 aliphatic heterocycles. The van der Waals surface area contributed by atoms with E-state index in [1.165, 1.54) is 17.3 Å². The second kappa shape index (κ2) is 6.88. The molecule has 5 nitrogen and oxygen atoms in total. The van der Waals surface area contributed by atoms with Gasteiger partial charge in [0.2, 0.25) is 5.91 Å². The molecule has 0 N–H and O–H groups in total. The van der Waals surface area contributed by atoms with Gasteiger partial charge in [-0.15, -0.1) is 0 Å². The van der Waals surface area contributed by atoms with Crippen LogP contribution >= 0.6 is 11.8 Å². The first-order chi connectivity index (χ1) is 11.4. The maximum atomic E-state index is 12.0. The molecular weight excluding hydrogens is 344 g/mol. The van der Waals surface area contributed by atoms with Gasteiger partial charge < -0.3 is 4.90 Å². The molecule has 0 aromatic heterocycles. The predicted octanol–water partition coefficient (Wildman–Crippen LogP) is 2.39. The number of thioether (sulfide) groups is 1. The summed E-state index contributed by atoms with van der Waals surface area (Å²) in [6.07, 6.45) is 1.19. The zero-order valence-electron chi connectivity index (χ0n) is 13.9. The lowest BCUT2D eigenvalue weighted by atomic mass is 10.1. The molecule has 2 atom stereocenters. The minimum absolute atomic E-state index is 0.0198. The van der Waals surface area contributed by atoms with Gasteiger partial charge in [0.25, 0.3) is 0 Å². The van der Waals surface area contributed by atoms with Crippen molar-refractivity contribution in [1.29, 1.82) is 0 Å². The molecule has 0 unspecified atom stereocenters. The Morgan fingerprint density at radius 3 is 2.67 bits per heavy atom. The van der Waals surface area contributed by atoms with Crippen LogP contribution in [0.3, 0.4) is 0 Å². The van der Waals surface area contributed by atoms with E-state index >= 15 is 0 Å². The molecule has 2 fully saturated rings. The van der Waals surface area contributed by atoms with Crippen LogP contribution in [-0.2, 0) is 21.2 Å². The van der Waals surface area contributed by atoms with Crippen molar-refractivity contribution in [1.82, 2.24) is 4.90 Å². The van der Waals surface area contributed by atoms with Gasteiger partial charge in [-0.1, -0.05) is 48.5 Å². The highest BCUT2D eigenvalue weighted by Crippen LogP contribution is 2.39. The van der Waals surface area contributed by atoms with Crippen LogP contribution in [-0.4, -0.2) is 47.2 Å². The third-order valence-electron chi connectivity index (χ3n) is 4.33. The molecular formula is C17H22N2O3S2. The van der Waals surface area contributed by atoms with Gasteiger partial charge in [0, 0.05) is 18.2 Å². The average molecular weight is 367 g/mol. The van der Waals surface area contributed by atoms with Gasteiger partial charge in [0.15, 0.2) is 15.0 Å². The molecule has 24 heavy (non-hydrogen) atoms. The highest BCUT2D eigenvalue weighted by Gasteiger charge is 2.48. The van der Waals surface area contributed by atoms with Crippen LogP contribution in [0, 0.1) is 6.92 Å². The number of hydrogen-bond acceptors (Lipinski definition) is 4. The number of benzene rings is 1. The summed E-state index contributed by atoms with van der Waals surface area (Å²) in [5.74, 6) is 0.197. The average Bonchev–Trinajstić information content (AvgIpc) is 2.95. The van der Waals surface area contributed by atoms with E-state index in [2.05, 4.69) is 4.99 Å². The number of carbonyl (C=O) groups excluding carboxylic acids is 1. The summed E-state index contributed by atoms with van der Waals surface area (Å²) in [5, 5.41) is 0.660. The number of fused-ring (bicyclic) bond motifs is 1. The molecule has 130 valence electrons. The van der Waals surface area contributed by atoms with Gasteiger partial charge in [-0.05, 0) is 18.9 Å². The van der Waals surface area contributed by atoms with E-state index in [1.807, 2.05) is 43.0 Å². The third kappa shape index (κ3) is 3.83. The fraction of sp³-hybridized carbons (Fsp3) is 0.529. The Labute approximate surface area is 147 Å². The fourth-order valence-corrected chi connectivity index (χ4v) is 7.06. The first-order valence-corrected chi connectivity index (χ1v) is 10.9. The summed E-state index contributed by atoms with van der Waals surface area (Å²) in [4.78, 5) is 18.2. The van der Waals surface area contributed by atoms with Gasteiger partial charge >= 0.3 is 0 Å². The highest BCUT2D eigenvalue weighted by atomic mass is 32.2. The number of nitrogens with zero attached hydrogens (tertiary/aromatic N) is 2. The Balaban J connectivity index is 1.86. The molecule has 2 aliphatic rings. The Bertz CT molecular complexity index is 757. The minimum Gasteiger partial charge on any atom is -0.342 e. The number of amidine groups is 1. The summed E-state index contributed by atoms with van der Waals surface area (Å²) < 4.78 is 23.9. The Hall–Kier alpha value is -1.34. The molecule has 7 heteroatoms. The maximum absolute atomic E-state index is 12.0. The molecule has 1 aromatic rings. The monoisotopic (exact) mass is 366 g/mol. The van der Waals surface area contributed by atoms with Crippen LogP contribution in [0.4, 0.5) is 0 Å². The number of hydrogen-bond donors (Lipinski definition) is 0. The zero-order chi connectivity index (χ0) is 17.3. The van der Waals surface area contributed by atoms with E-state index in [0.29, 0.717) is 18.1 Å². The smallest absolute Gasteiger partial charge is 0.248 e. The van der Waals surface area contributed by atoms with Crippen molar-refractivity contribution in [2.24, 2.45) is 4.99 Å². The lowest BCUT2D eigenvalue weighted by molar-refractivity contribution is -0.117. The molecule has 3 rings (SSSR count). The van der Waals surface area contributed by atoms with E-state index < -0.39 is 9.84 Å². The Kier molecular flexibility index (Phi) is 5.01. The lowest BCUT2D eigenvalue weighted by Gasteiger charge is -2.24. The second-order valence-electron chi connectivity index (χ2n) is 6.45. The van der Waals surface area contributed by atoms with Crippen molar-refractivity contribution in [2.75, 3.05) is 11.5 Å². The first kappa shape index (κ1) is 17.5. The topological polar surface area (TPSA) is 66.8 Å². The van der Waals surface area contributed by atoms with Crippen molar-refractivity contribution < 1.29 is 13.2 Å². The number of amides is 1. The van der Waals surface area contributed by atoms with Gasteiger partial charge in [-0.25, -0.2) is 8.42 Å². The van der Waals surface area contributed by atoms with E-state index in [4.69, 9.17) is 0 Å². The number of aliphatic imine (C=N–C) groups is 1. The van der Waals surface area contributed by atoms with E-state index in [1.54, 1.807) is 0 Å². The summed E-state index contributed by atoms with van der Waals surface area (Å²) >= 11 is 1.44. The standard InChI is InChI=1S/C17H22N2O3S2/c1-3-4-16(20)18-17-19(9-13-7-5-12(2)6-8-13)14-10-24(21,22)11-15(14)23-17/h5-8,14-15H,3-4,9-11H2,1-2H3/t14-,15+/m1/s1. The Morgan fingerprint density at radius 2 is 2.00 bits per heavy atom. The van der Waals surface area contributed by atoms with Crippen LogP contribution in [0.25, 0.3) is 0 Å². The minimum atomic E-state index is -3.00. The fourth-order valence-electron chi connectivity index (χ4n) is 3.09. The van der Waals surface area contributed by atoms with Crippen LogP contribution in [0.5, 0.6) is 0 Å². The van der Waals surface area contributed by atoms with Crippen LogP contribution in [0.2, 0.25) is 0 Å². The molecule has 1 amide bonds. The van der Waals surface area contributed by atoms with Crippen LogP contribution in [0.15, 0.2) is 29.3 Å². The van der Waals surface area contributed by atoms with Gasteiger partial charge in [-0.2, -0.15) is 4.99 Å². The summed E-state index contributed by atoms with van der Waals surface area (Å²) in [7, 11) is -3.00. The highest BCUT2D eigenvalue weighted by molar-refractivity contribution is 8.15. The van der Waals surface area contributed by atoms with E-state index in [-0.39, 0.29) is 28.7 Å². The maximum Gasteiger partial charge on any atom is 0.248 e. The molecule has 2 saturated heterocycles. The van der Waals surface area contributed by atoms with Crippen LogP contribution in [0.1, 0.15) is 30.9 Å². The molecule has 2 heterocycles. The quantitative estimate of drug-likeness (QED) is 0.818. The SMILES string of the molecule is CCCC(=O)N=C1S[C@H]2CS(=O)(=O)C[C@H]2N1Cc1ccc(C)cc1. The largest absolute Gasteiger partial charge is 0.342 e. The molecule has 0 bridgehead atoms. The van der Waals surface area contributed by atoms with E-state index in [9.17, 15) is 13.2 Å². The van der Waals surface area contributed by atoms with E-state index in [0.717, 1.165) is 12.0 Å². The lowest BCUT2D eigenvalue weighted by Crippen LogP contribution is -2.37. The summed E-state index contributed by atoms with van der Waals surface area (Å²) in [6, 6.07) is 8.08. The van der Waals surface area contributed by atoms with Crippen molar-refractivity contribution in [3.05, 3.63) is 35.4 Å². The molecule has 0 radical (unpaired) electrons. The third-order valence-corrected chi connectivity index (χ3v) is 7.58. The predicted molar refractivity (Wildman–Crippen MR) is 97.9 cm³/mol. The summed E-state index contributed by atoms with van der Waals surface area (Å²) in [5.41, 5.74) is 2.28. The van der Waals surface area contributed by atoms with Crippen LogP contribution < -0.4 is 0 Å². The normalized spacial score (nSPS) is 26.8. The second-order valence-corrected chi connectivity index (χ2v) is 9.81. The van der Waals surface area contributed by atoms with Crippen molar-refractivity contribution in [3.8, 4) is 0 Å². The van der Waals surface area contributed by atoms with Crippen molar-refractivity contribution in [3.63, 3.8) is 0 Å². The molecule has 0 saturated carbocycles.